The standard InChI is InChI=1S/C11H21NO2/c1-8-5-6-9(7-8)12-10(13)14-11(2,3)4/h8-9H,5-7H2,1-4H3,(H,12,13)/t8?,9-/m0/s1. The molecule has 1 aliphatic carbocycles. The van der Waals surface area contributed by atoms with Gasteiger partial charge in [-0.2, -0.15) is 0 Å². The Morgan fingerprint density at radius 1 is 1.36 bits per heavy atom. The lowest BCUT2D eigenvalue weighted by Crippen LogP contribution is -2.37. The Kier molecular flexibility index (Phi) is 3.40. The van der Waals surface area contributed by atoms with Crippen LogP contribution in [0.3, 0.4) is 0 Å². The van der Waals surface area contributed by atoms with Gasteiger partial charge < -0.3 is 10.1 Å². The third-order valence-corrected chi connectivity index (χ3v) is 2.42. The van der Waals surface area contributed by atoms with E-state index in [1.54, 1.807) is 0 Å². The lowest BCUT2D eigenvalue weighted by atomic mass is 10.1. The number of hydrogen-bond acceptors (Lipinski definition) is 2. The van der Waals surface area contributed by atoms with E-state index in [1.165, 1.54) is 6.42 Å². The molecule has 1 fully saturated rings. The third-order valence-electron chi connectivity index (χ3n) is 2.42. The molecule has 3 heteroatoms. The van der Waals surface area contributed by atoms with Crippen molar-refractivity contribution in [3.05, 3.63) is 0 Å². The smallest absolute Gasteiger partial charge is 0.407 e. The summed E-state index contributed by atoms with van der Waals surface area (Å²) < 4.78 is 5.18. The van der Waals surface area contributed by atoms with Gasteiger partial charge >= 0.3 is 6.09 Å². The highest BCUT2D eigenvalue weighted by atomic mass is 16.6. The Labute approximate surface area is 86.2 Å². The summed E-state index contributed by atoms with van der Waals surface area (Å²) in [4.78, 5) is 11.4. The molecule has 82 valence electrons. The first kappa shape index (κ1) is 11.3. The maximum Gasteiger partial charge on any atom is 0.407 e. The number of rotatable bonds is 1. The predicted molar refractivity (Wildman–Crippen MR) is 56.2 cm³/mol. The molecule has 2 atom stereocenters. The van der Waals surface area contributed by atoms with Crippen LogP contribution in [0.5, 0.6) is 0 Å². The third kappa shape index (κ3) is 3.99. The molecule has 0 aromatic rings. The van der Waals surface area contributed by atoms with Gasteiger partial charge in [0, 0.05) is 6.04 Å². The zero-order chi connectivity index (χ0) is 10.8. The quantitative estimate of drug-likeness (QED) is 0.705. The van der Waals surface area contributed by atoms with Gasteiger partial charge in [-0.15, -0.1) is 0 Å². The molecule has 0 spiro atoms. The predicted octanol–water partition coefficient (Wildman–Crippen LogP) is 2.70. The molecule has 1 rings (SSSR count). The summed E-state index contributed by atoms with van der Waals surface area (Å²) in [5.41, 5.74) is -0.395. The SMILES string of the molecule is CC1CC[C@H](NC(=O)OC(C)(C)C)C1. The van der Waals surface area contributed by atoms with Gasteiger partial charge in [0.15, 0.2) is 0 Å². The molecule has 0 aromatic heterocycles. The summed E-state index contributed by atoms with van der Waals surface area (Å²) in [6, 6.07) is 0.319. The van der Waals surface area contributed by atoms with Crippen LogP contribution in [0, 0.1) is 5.92 Å². The molecule has 3 nitrogen and oxygen atoms in total. The summed E-state index contributed by atoms with van der Waals surface area (Å²) >= 11 is 0. The van der Waals surface area contributed by atoms with E-state index in [0.717, 1.165) is 18.8 Å². The van der Waals surface area contributed by atoms with Gasteiger partial charge in [0.05, 0.1) is 0 Å². The van der Waals surface area contributed by atoms with Gasteiger partial charge in [0.1, 0.15) is 5.60 Å². The van der Waals surface area contributed by atoms with E-state index in [1.807, 2.05) is 20.8 Å². The number of alkyl carbamates (subject to hydrolysis) is 1. The molecule has 14 heavy (non-hydrogen) atoms. The highest BCUT2D eigenvalue weighted by molar-refractivity contribution is 5.68. The van der Waals surface area contributed by atoms with Crippen LogP contribution in [-0.2, 0) is 4.74 Å². The molecular weight excluding hydrogens is 178 g/mol. The summed E-state index contributed by atoms with van der Waals surface area (Å²) in [5, 5.41) is 2.90. The minimum absolute atomic E-state index is 0.281. The minimum Gasteiger partial charge on any atom is -0.444 e. The fourth-order valence-electron chi connectivity index (χ4n) is 1.81. The van der Waals surface area contributed by atoms with Crippen LogP contribution in [-0.4, -0.2) is 17.7 Å². The van der Waals surface area contributed by atoms with Crippen molar-refractivity contribution in [1.29, 1.82) is 0 Å². The highest BCUT2D eigenvalue weighted by Crippen LogP contribution is 2.24. The molecule has 0 radical (unpaired) electrons. The second-order valence-electron chi connectivity index (χ2n) is 5.26. The monoisotopic (exact) mass is 199 g/mol. The van der Waals surface area contributed by atoms with Crippen LogP contribution in [0.4, 0.5) is 4.79 Å². The van der Waals surface area contributed by atoms with E-state index in [0.29, 0.717) is 6.04 Å². The van der Waals surface area contributed by atoms with Crippen LogP contribution in [0.25, 0.3) is 0 Å². The van der Waals surface area contributed by atoms with Gasteiger partial charge in [-0.1, -0.05) is 6.92 Å². The topological polar surface area (TPSA) is 38.3 Å². The molecule has 0 saturated heterocycles. The van der Waals surface area contributed by atoms with E-state index in [4.69, 9.17) is 4.74 Å². The van der Waals surface area contributed by atoms with Gasteiger partial charge in [0.25, 0.3) is 0 Å². The first-order valence-electron chi connectivity index (χ1n) is 5.36. The van der Waals surface area contributed by atoms with Crippen molar-refractivity contribution in [3.8, 4) is 0 Å². The lowest BCUT2D eigenvalue weighted by Gasteiger charge is -2.21. The molecule has 0 aromatic carbocycles. The summed E-state index contributed by atoms with van der Waals surface area (Å²) in [6.45, 7) is 7.86. The number of nitrogens with one attached hydrogen (secondary N) is 1. The Morgan fingerprint density at radius 3 is 2.43 bits per heavy atom. The molecule has 0 bridgehead atoms. The summed E-state index contributed by atoms with van der Waals surface area (Å²) in [7, 11) is 0. The largest absolute Gasteiger partial charge is 0.444 e. The molecule has 0 heterocycles. The van der Waals surface area contributed by atoms with Crippen molar-refractivity contribution in [2.45, 2.75) is 58.6 Å². The average molecular weight is 199 g/mol. The second kappa shape index (κ2) is 4.20. The second-order valence-corrected chi connectivity index (χ2v) is 5.26. The Bertz CT molecular complexity index is 208. The van der Waals surface area contributed by atoms with E-state index in [9.17, 15) is 4.79 Å². The van der Waals surface area contributed by atoms with Gasteiger partial charge in [-0.05, 0) is 46.0 Å². The van der Waals surface area contributed by atoms with Crippen molar-refractivity contribution in [2.24, 2.45) is 5.92 Å². The Morgan fingerprint density at radius 2 is 2.00 bits per heavy atom. The number of carbonyl (C=O) groups excluding carboxylic acids is 1. The molecule has 1 aliphatic rings. The van der Waals surface area contributed by atoms with Crippen LogP contribution >= 0.6 is 0 Å². The summed E-state index contributed by atoms with van der Waals surface area (Å²) in [5.74, 6) is 0.731. The zero-order valence-corrected chi connectivity index (χ0v) is 9.59. The fraction of sp³-hybridized carbons (Fsp3) is 0.909. The average Bonchev–Trinajstić information content (AvgIpc) is 2.30. The molecule has 0 aliphatic heterocycles. The number of hydrogen-bond donors (Lipinski definition) is 1. The first-order valence-corrected chi connectivity index (χ1v) is 5.36. The molecule has 1 unspecified atom stereocenters. The minimum atomic E-state index is -0.395. The molecule has 1 amide bonds. The molecule has 1 N–H and O–H groups in total. The van der Waals surface area contributed by atoms with Crippen molar-refractivity contribution in [1.82, 2.24) is 5.32 Å². The van der Waals surface area contributed by atoms with E-state index >= 15 is 0 Å². The van der Waals surface area contributed by atoms with Crippen molar-refractivity contribution in [2.75, 3.05) is 0 Å². The van der Waals surface area contributed by atoms with Crippen LogP contribution in [0.15, 0.2) is 0 Å². The summed E-state index contributed by atoms with van der Waals surface area (Å²) in [6.07, 6.45) is 3.09. The van der Waals surface area contributed by atoms with Gasteiger partial charge in [-0.3, -0.25) is 0 Å². The van der Waals surface area contributed by atoms with Crippen molar-refractivity contribution < 1.29 is 9.53 Å². The highest BCUT2D eigenvalue weighted by Gasteiger charge is 2.24. The first-order chi connectivity index (χ1) is 6.37. The van der Waals surface area contributed by atoms with Crippen LogP contribution in [0.2, 0.25) is 0 Å². The number of carbonyl (C=O) groups is 1. The van der Waals surface area contributed by atoms with E-state index in [2.05, 4.69) is 12.2 Å². The van der Waals surface area contributed by atoms with Crippen LogP contribution in [0.1, 0.15) is 47.0 Å². The van der Waals surface area contributed by atoms with Gasteiger partial charge in [-0.25, -0.2) is 4.79 Å². The zero-order valence-electron chi connectivity index (χ0n) is 9.59. The number of ether oxygens (including phenoxy) is 1. The lowest BCUT2D eigenvalue weighted by molar-refractivity contribution is 0.0505. The maximum atomic E-state index is 11.4. The Balaban J connectivity index is 2.27. The molecule has 1 saturated carbocycles. The van der Waals surface area contributed by atoms with Gasteiger partial charge in [0.2, 0.25) is 0 Å². The van der Waals surface area contributed by atoms with Crippen LogP contribution < -0.4 is 5.32 Å². The van der Waals surface area contributed by atoms with E-state index < -0.39 is 5.60 Å². The normalized spacial score (nSPS) is 27.4. The Hall–Kier alpha value is -0.730. The van der Waals surface area contributed by atoms with Crippen molar-refractivity contribution in [3.63, 3.8) is 0 Å². The number of amides is 1. The van der Waals surface area contributed by atoms with Crippen molar-refractivity contribution >= 4 is 6.09 Å². The van der Waals surface area contributed by atoms with E-state index in [-0.39, 0.29) is 6.09 Å². The molecular formula is C11H21NO2. The fourth-order valence-corrected chi connectivity index (χ4v) is 1.81. The maximum absolute atomic E-state index is 11.4.